The summed E-state index contributed by atoms with van der Waals surface area (Å²) in [4.78, 5) is 0. The van der Waals surface area contributed by atoms with Gasteiger partial charge in [-0.1, -0.05) is 60.7 Å². The maximum Gasteiger partial charge on any atom is -0.0106 e. The van der Waals surface area contributed by atoms with Crippen LogP contribution in [0.1, 0.15) is 0 Å². The summed E-state index contributed by atoms with van der Waals surface area (Å²) < 4.78 is 0. The Kier molecular flexibility index (Phi) is 4.51. The molecule has 3 heteroatoms. The minimum absolute atomic E-state index is 1.20. The van der Waals surface area contributed by atoms with E-state index in [0.717, 1.165) is 0 Å². The van der Waals surface area contributed by atoms with Crippen molar-refractivity contribution in [3.63, 3.8) is 0 Å². The molecule has 0 amide bonds. The van der Waals surface area contributed by atoms with Crippen molar-refractivity contribution in [1.29, 1.82) is 0 Å². The van der Waals surface area contributed by atoms with Gasteiger partial charge in [0.2, 0.25) is 0 Å². The summed E-state index contributed by atoms with van der Waals surface area (Å²) in [6.07, 6.45) is 0. The van der Waals surface area contributed by atoms with Crippen LogP contribution in [0.4, 0.5) is 0 Å². The predicted octanol–water partition coefficient (Wildman–Crippen LogP) is 3.52. The van der Waals surface area contributed by atoms with E-state index in [2.05, 4.69) is 94.4 Å². The Labute approximate surface area is 133 Å². The lowest BCUT2D eigenvalue weighted by Gasteiger charge is -2.10. The molecule has 0 N–H and O–H groups in total. The molecular weight excluding hydrogens is 309 g/mol. The molecule has 104 valence electrons. The second-order valence-electron chi connectivity index (χ2n) is 5.05. The summed E-state index contributed by atoms with van der Waals surface area (Å²) in [7, 11) is 8.28. The first-order chi connectivity index (χ1) is 10.1. The van der Waals surface area contributed by atoms with Crippen molar-refractivity contribution in [1.82, 2.24) is 0 Å². The topological polar surface area (TPSA) is 0 Å². The van der Waals surface area contributed by atoms with Crippen molar-refractivity contribution in [3.8, 4) is 22.3 Å². The molecule has 0 spiro atoms. The number of rotatable bonds is 2. The summed E-state index contributed by atoms with van der Waals surface area (Å²) in [5, 5.41) is 3.63. The third-order valence-corrected chi connectivity index (χ3v) is 4.79. The van der Waals surface area contributed by atoms with Crippen molar-refractivity contribution < 1.29 is 0 Å². The smallest absolute Gasteiger partial charge is 0.0106 e. The highest BCUT2D eigenvalue weighted by molar-refractivity contribution is 7.28. The highest BCUT2D eigenvalue weighted by atomic mass is 31.0. The van der Waals surface area contributed by atoms with Gasteiger partial charge < -0.3 is 0 Å². The molecule has 3 unspecified atom stereocenters. The van der Waals surface area contributed by atoms with Crippen molar-refractivity contribution in [2.45, 2.75) is 0 Å². The van der Waals surface area contributed by atoms with E-state index < -0.39 is 0 Å². The second kappa shape index (κ2) is 6.37. The van der Waals surface area contributed by atoms with Gasteiger partial charge in [0.1, 0.15) is 0 Å². The van der Waals surface area contributed by atoms with Crippen LogP contribution in [0.3, 0.4) is 0 Å². The van der Waals surface area contributed by atoms with Gasteiger partial charge in [0.05, 0.1) is 0 Å². The average molecular weight is 326 g/mol. The Hall–Kier alpha value is -1.05. The lowest BCUT2D eigenvalue weighted by Crippen LogP contribution is -1.98. The first-order valence-corrected chi connectivity index (χ1v) is 8.48. The Morgan fingerprint density at radius 3 is 1.52 bits per heavy atom. The van der Waals surface area contributed by atoms with Gasteiger partial charge in [0.25, 0.3) is 0 Å². The van der Waals surface area contributed by atoms with Crippen LogP contribution in [-0.2, 0) is 0 Å². The highest BCUT2D eigenvalue weighted by Crippen LogP contribution is 2.26. The third kappa shape index (κ3) is 3.41. The molecule has 3 aromatic carbocycles. The van der Waals surface area contributed by atoms with Gasteiger partial charge in [0.15, 0.2) is 0 Å². The van der Waals surface area contributed by atoms with Crippen LogP contribution in [0.5, 0.6) is 0 Å². The standard InChI is InChI=1S/C18H17P3/c19-15-6-1-12(2-7-15)14-5-10-18(21)17(11-14)13-3-8-16(20)9-4-13/h1-11H,19-21H2. The van der Waals surface area contributed by atoms with Gasteiger partial charge >= 0.3 is 0 Å². The van der Waals surface area contributed by atoms with Crippen LogP contribution in [0.25, 0.3) is 22.3 Å². The fourth-order valence-electron chi connectivity index (χ4n) is 2.32. The molecule has 0 fully saturated rings. The minimum Gasteiger partial charge on any atom is -0.106 e. The maximum atomic E-state index is 2.83. The molecule has 0 aliphatic heterocycles. The molecule has 0 saturated heterocycles. The Morgan fingerprint density at radius 1 is 0.476 bits per heavy atom. The molecule has 0 aliphatic rings. The highest BCUT2D eigenvalue weighted by Gasteiger charge is 2.05. The second-order valence-corrected chi connectivity index (χ2v) is 7.00. The zero-order valence-corrected chi connectivity index (χ0v) is 15.0. The fourth-order valence-corrected chi connectivity index (χ4v) is 3.06. The Morgan fingerprint density at radius 2 is 0.952 bits per heavy atom. The summed E-state index contributed by atoms with van der Waals surface area (Å²) in [5.74, 6) is 0. The van der Waals surface area contributed by atoms with Gasteiger partial charge in [-0.05, 0) is 44.2 Å². The first-order valence-electron chi connectivity index (χ1n) is 6.75. The molecule has 3 rings (SSSR count). The summed E-state index contributed by atoms with van der Waals surface area (Å²) in [6.45, 7) is 0. The van der Waals surface area contributed by atoms with E-state index in [-0.39, 0.29) is 0 Å². The normalized spacial score (nSPS) is 10.6. The molecule has 0 heterocycles. The van der Waals surface area contributed by atoms with Crippen molar-refractivity contribution in [2.75, 3.05) is 0 Å². The molecule has 3 aromatic rings. The van der Waals surface area contributed by atoms with Crippen LogP contribution in [0.15, 0.2) is 66.7 Å². The van der Waals surface area contributed by atoms with E-state index in [4.69, 9.17) is 0 Å². The van der Waals surface area contributed by atoms with Crippen LogP contribution in [0.2, 0.25) is 0 Å². The van der Waals surface area contributed by atoms with Gasteiger partial charge in [0, 0.05) is 0 Å². The van der Waals surface area contributed by atoms with Crippen molar-refractivity contribution in [2.24, 2.45) is 0 Å². The molecule has 3 atom stereocenters. The zero-order chi connectivity index (χ0) is 14.8. The van der Waals surface area contributed by atoms with Gasteiger partial charge in [-0.3, -0.25) is 0 Å². The zero-order valence-electron chi connectivity index (χ0n) is 11.6. The molecule has 0 bridgehead atoms. The van der Waals surface area contributed by atoms with Crippen LogP contribution < -0.4 is 15.9 Å². The van der Waals surface area contributed by atoms with Crippen molar-refractivity contribution >= 4 is 43.6 Å². The number of benzene rings is 3. The quantitative estimate of drug-likeness (QED) is 0.632. The molecule has 0 aromatic heterocycles. The molecular formula is C18H17P3. The average Bonchev–Trinajstić information content (AvgIpc) is 2.50. The lowest BCUT2D eigenvalue weighted by atomic mass is 9.99. The van der Waals surface area contributed by atoms with Gasteiger partial charge in [-0.15, -0.1) is 27.7 Å². The summed E-state index contributed by atoms with van der Waals surface area (Å²) >= 11 is 0. The van der Waals surface area contributed by atoms with E-state index in [1.807, 2.05) is 0 Å². The Balaban J connectivity index is 2.07. The fraction of sp³-hybridized carbons (Fsp3) is 0. The van der Waals surface area contributed by atoms with Crippen LogP contribution in [0, 0.1) is 0 Å². The monoisotopic (exact) mass is 326 g/mol. The van der Waals surface area contributed by atoms with Crippen molar-refractivity contribution in [3.05, 3.63) is 66.7 Å². The summed E-state index contributed by atoms with van der Waals surface area (Å²) in [6, 6.07) is 23.8. The van der Waals surface area contributed by atoms with E-state index in [9.17, 15) is 0 Å². The SMILES string of the molecule is Pc1ccc(-c2ccc(P)c(-c3ccc(P)cc3)c2)cc1. The number of hydrogen-bond donors (Lipinski definition) is 0. The number of hydrogen-bond acceptors (Lipinski definition) is 0. The third-order valence-electron chi connectivity index (χ3n) is 3.52. The summed E-state index contributed by atoms with van der Waals surface area (Å²) in [5.41, 5.74) is 5.00. The largest absolute Gasteiger partial charge is 0.106 e. The molecule has 0 radical (unpaired) electrons. The molecule has 0 aliphatic carbocycles. The van der Waals surface area contributed by atoms with Crippen LogP contribution in [-0.4, -0.2) is 0 Å². The molecule has 21 heavy (non-hydrogen) atoms. The van der Waals surface area contributed by atoms with Crippen LogP contribution >= 0.6 is 27.7 Å². The van der Waals surface area contributed by atoms with Gasteiger partial charge in [-0.25, -0.2) is 0 Å². The van der Waals surface area contributed by atoms with Gasteiger partial charge in [-0.2, -0.15) is 0 Å². The molecule has 0 nitrogen and oxygen atoms in total. The first kappa shape index (κ1) is 14.9. The molecule has 0 saturated carbocycles. The van der Waals surface area contributed by atoms with E-state index in [1.165, 1.54) is 38.2 Å². The Bertz CT molecular complexity index is 759. The predicted molar refractivity (Wildman–Crippen MR) is 105 cm³/mol. The van der Waals surface area contributed by atoms with E-state index in [0.29, 0.717) is 0 Å². The van der Waals surface area contributed by atoms with E-state index in [1.54, 1.807) is 0 Å². The minimum atomic E-state index is 1.20. The maximum absolute atomic E-state index is 2.83. The lowest BCUT2D eigenvalue weighted by molar-refractivity contribution is 1.63. The van der Waals surface area contributed by atoms with E-state index >= 15 is 0 Å².